The van der Waals surface area contributed by atoms with Gasteiger partial charge in [0.1, 0.15) is 11.6 Å². The van der Waals surface area contributed by atoms with Gasteiger partial charge in [-0.05, 0) is 25.7 Å². The zero-order valence-corrected chi connectivity index (χ0v) is 15.7. The van der Waals surface area contributed by atoms with E-state index in [1.807, 2.05) is 18.7 Å². The SMILES string of the molecule is CCc1ncc(C(=O)N2CCC(Cc3nn(C)c(=O)n3CC)CC2)cn1. The van der Waals surface area contributed by atoms with E-state index in [0.717, 1.165) is 37.3 Å². The first-order valence-electron chi connectivity index (χ1n) is 9.26. The standard InChI is InChI=1S/C18H26N6O2/c1-4-15-19-11-14(12-20-15)17(25)23-8-6-13(7-9-23)10-16-21-22(3)18(26)24(16)5-2/h11-13H,4-10H2,1-3H3. The summed E-state index contributed by atoms with van der Waals surface area (Å²) in [5.41, 5.74) is 0.482. The normalized spacial score (nSPS) is 15.4. The summed E-state index contributed by atoms with van der Waals surface area (Å²) >= 11 is 0. The summed E-state index contributed by atoms with van der Waals surface area (Å²) in [6.45, 7) is 6.00. The average molecular weight is 358 g/mol. The smallest absolute Gasteiger partial charge is 0.339 e. The molecule has 3 rings (SSSR count). The Morgan fingerprint density at radius 1 is 1.19 bits per heavy atom. The molecule has 0 saturated carbocycles. The van der Waals surface area contributed by atoms with Crippen LogP contribution in [0.1, 0.15) is 48.7 Å². The zero-order valence-electron chi connectivity index (χ0n) is 15.7. The molecule has 0 bridgehead atoms. The quantitative estimate of drug-likeness (QED) is 0.797. The van der Waals surface area contributed by atoms with Gasteiger partial charge in [-0.3, -0.25) is 9.36 Å². The highest BCUT2D eigenvalue weighted by molar-refractivity contribution is 5.93. The summed E-state index contributed by atoms with van der Waals surface area (Å²) in [6.07, 6.45) is 6.60. The van der Waals surface area contributed by atoms with Gasteiger partial charge in [0.2, 0.25) is 0 Å². The van der Waals surface area contributed by atoms with Gasteiger partial charge in [-0.2, -0.15) is 5.10 Å². The Bertz CT molecular complexity index is 815. The Kier molecular flexibility index (Phi) is 5.49. The second-order valence-corrected chi connectivity index (χ2v) is 6.75. The van der Waals surface area contributed by atoms with E-state index >= 15 is 0 Å². The number of nitrogens with zero attached hydrogens (tertiary/aromatic N) is 6. The van der Waals surface area contributed by atoms with Crippen molar-refractivity contribution in [3.8, 4) is 0 Å². The van der Waals surface area contributed by atoms with Crippen LogP contribution in [0.5, 0.6) is 0 Å². The molecule has 2 aromatic rings. The molecule has 0 aliphatic carbocycles. The van der Waals surface area contributed by atoms with Crippen LogP contribution in [0, 0.1) is 5.92 Å². The molecule has 1 amide bonds. The summed E-state index contributed by atoms with van der Waals surface area (Å²) in [7, 11) is 1.69. The van der Waals surface area contributed by atoms with E-state index in [4.69, 9.17) is 0 Å². The minimum absolute atomic E-state index is 0.00518. The number of piperidine rings is 1. The number of likely N-dealkylation sites (tertiary alicyclic amines) is 1. The first kappa shape index (κ1) is 18.3. The Morgan fingerprint density at radius 3 is 2.42 bits per heavy atom. The fourth-order valence-electron chi connectivity index (χ4n) is 3.45. The van der Waals surface area contributed by atoms with Crippen molar-refractivity contribution in [3.63, 3.8) is 0 Å². The highest BCUT2D eigenvalue weighted by Crippen LogP contribution is 2.22. The lowest BCUT2D eigenvalue weighted by molar-refractivity contribution is 0.0688. The first-order chi connectivity index (χ1) is 12.5. The molecule has 140 valence electrons. The van der Waals surface area contributed by atoms with Crippen molar-refractivity contribution in [1.82, 2.24) is 29.2 Å². The van der Waals surface area contributed by atoms with Gasteiger partial charge in [0.05, 0.1) is 5.56 Å². The summed E-state index contributed by atoms with van der Waals surface area (Å²) in [5.74, 6) is 2.02. The van der Waals surface area contributed by atoms with E-state index in [0.29, 0.717) is 31.1 Å². The number of carbonyl (C=O) groups is 1. The minimum atomic E-state index is -0.0642. The molecular weight excluding hydrogens is 332 g/mol. The van der Waals surface area contributed by atoms with Gasteiger partial charge in [-0.15, -0.1) is 0 Å². The van der Waals surface area contributed by atoms with Crippen molar-refractivity contribution in [1.29, 1.82) is 0 Å². The molecule has 1 aliphatic rings. The third-order valence-electron chi connectivity index (χ3n) is 5.04. The third-order valence-corrected chi connectivity index (χ3v) is 5.04. The van der Waals surface area contributed by atoms with Crippen LogP contribution in [0.2, 0.25) is 0 Å². The monoisotopic (exact) mass is 358 g/mol. The van der Waals surface area contributed by atoms with Crippen LogP contribution in [0.4, 0.5) is 0 Å². The summed E-state index contributed by atoms with van der Waals surface area (Å²) < 4.78 is 3.13. The Balaban J connectivity index is 1.59. The predicted octanol–water partition coefficient (Wildman–Crippen LogP) is 1.05. The highest BCUT2D eigenvalue weighted by Gasteiger charge is 2.25. The van der Waals surface area contributed by atoms with E-state index in [9.17, 15) is 9.59 Å². The summed E-state index contributed by atoms with van der Waals surface area (Å²) in [6, 6.07) is 0. The Morgan fingerprint density at radius 2 is 1.85 bits per heavy atom. The maximum Gasteiger partial charge on any atom is 0.345 e. The van der Waals surface area contributed by atoms with Crippen molar-refractivity contribution in [2.24, 2.45) is 13.0 Å². The number of amides is 1. The van der Waals surface area contributed by atoms with Gasteiger partial charge < -0.3 is 4.90 Å². The second-order valence-electron chi connectivity index (χ2n) is 6.75. The largest absolute Gasteiger partial charge is 0.345 e. The predicted molar refractivity (Wildman–Crippen MR) is 96.9 cm³/mol. The van der Waals surface area contributed by atoms with Crippen LogP contribution in [-0.4, -0.2) is 48.2 Å². The second kappa shape index (κ2) is 7.80. The molecule has 3 heterocycles. The lowest BCUT2D eigenvalue weighted by atomic mass is 9.93. The van der Waals surface area contributed by atoms with Crippen LogP contribution < -0.4 is 5.69 Å². The van der Waals surface area contributed by atoms with Gasteiger partial charge in [-0.1, -0.05) is 6.92 Å². The molecule has 0 spiro atoms. The molecule has 0 atom stereocenters. The summed E-state index contributed by atoms with van der Waals surface area (Å²) in [5, 5.41) is 4.36. The van der Waals surface area contributed by atoms with E-state index < -0.39 is 0 Å². The van der Waals surface area contributed by atoms with E-state index in [-0.39, 0.29) is 11.6 Å². The van der Waals surface area contributed by atoms with Crippen LogP contribution in [-0.2, 0) is 26.4 Å². The average Bonchev–Trinajstić information content (AvgIpc) is 2.94. The number of hydrogen-bond donors (Lipinski definition) is 0. The van der Waals surface area contributed by atoms with E-state index in [1.54, 1.807) is 24.0 Å². The van der Waals surface area contributed by atoms with Crippen molar-refractivity contribution < 1.29 is 4.79 Å². The molecular formula is C18H26N6O2. The molecule has 0 radical (unpaired) electrons. The maximum atomic E-state index is 12.6. The van der Waals surface area contributed by atoms with Crippen LogP contribution in [0.25, 0.3) is 0 Å². The van der Waals surface area contributed by atoms with Gasteiger partial charge in [0.25, 0.3) is 5.91 Å². The minimum Gasteiger partial charge on any atom is -0.339 e. The van der Waals surface area contributed by atoms with Gasteiger partial charge in [0, 0.05) is 51.9 Å². The molecule has 0 unspecified atom stereocenters. The zero-order chi connectivity index (χ0) is 18.7. The molecule has 0 aromatic carbocycles. The molecule has 0 N–H and O–H groups in total. The molecule has 2 aromatic heterocycles. The number of hydrogen-bond acceptors (Lipinski definition) is 5. The van der Waals surface area contributed by atoms with Gasteiger partial charge in [-0.25, -0.2) is 19.4 Å². The van der Waals surface area contributed by atoms with Crippen LogP contribution in [0.15, 0.2) is 17.2 Å². The first-order valence-corrected chi connectivity index (χ1v) is 9.26. The third kappa shape index (κ3) is 3.68. The molecule has 1 fully saturated rings. The molecule has 26 heavy (non-hydrogen) atoms. The van der Waals surface area contributed by atoms with Crippen LogP contribution in [0.3, 0.4) is 0 Å². The van der Waals surface area contributed by atoms with Crippen molar-refractivity contribution in [3.05, 3.63) is 40.1 Å². The highest BCUT2D eigenvalue weighted by atomic mass is 16.2. The number of aromatic nitrogens is 5. The van der Waals surface area contributed by atoms with E-state index in [2.05, 4.69) is 15.1 Å². The van der Waals surface area contributed by atoms with Crippen LogP contribution >= 0.6 is 0 Å². The number of rotatable bonds is 5. The number of aryl methyl sites for hydroxylation is 2. The Hall–Kier alpha value is -2.51. The molecule has 8 heteroatoms. The Labute approximate surface area is 152 Å². The molecule has 8 nitrogen and oxygen atoms in total. The maximum absolute atomic E-state index is 12.6. The van der Waals surface area contributed by atoms with E-state index in [1.165, 1.54) is 4.68 Å². The summed E-state index contributed by atoms with van der Waals surface area (Å²) in [4.78, 5) is 34.9. The molecule has 1 aliphatic heterocycles. The fraction of sp³-hybridized carbons (Fsp3) is 0.611. The number of carbonyl (C=O) groups excluding carboxylic acids is 1. The van der Waals surface area contributed by atoms with Crippen molar-refractivity contribution in [2.45, 2.75) is 46.1 Å². The fourth-order valence-corrected chi connectivity index (χ4v) is 3.45. The molecule has 1 saturated heterocycles. The lowest BCUT2D eigenvalue weighted by Gasteiger charge is -2.31. The van der Waals surface area contributed by atoms with Crippen molar-refractivity contribution >= 4 is 5.91 Å². The topological polar surface area (TPSA) is 85.9 Å². The lowest BCUT2D eigenvalue weighted by Crippen LogP contribution is -2.39. The van der Waals surface area contributed by atoms with Gasteiger partial charge >= 0.3 is 5.69 Å². The van der Waals surface area contributed by atoms with Crippen molar-refractivity contribution in [2.75, 3.05) is 13.1 Å². The van der Waals surface area contributed by atoms with Gasteiger partial charge in [0.15, 0.2) is 0 Å².